The molecule has 4 rings (SSSR count). The molecule has 0 amide bonds. The molecule has 3 heterocycles. The smallest absolute Gasteiger partial charge is 0.417 e. The van der Waals surface area contributed by atoms with Crippen molar-refractivity contribution in [3.05, 3.63) is 60.3 Å². The van der Waals surface area contributed by atoms with Crippen LogP contribution >= 0.6 is 0 Å². The van der Waals surface area contributed by atoms with E-state index in [9.17, 15) is 17.6 Å². The number of aromatic amines is 1. The molecule has 0 bridgehead atoms. The van der Waals surface area contributed by atoms with Crippen molar-refractivity contribution >= 4 is 6.21 Å². The zero-order valence-corrected chi connectivity index (χ0v) is 18.7. The average molecular weight is 474 g/mol. The summed E-state index contributed by atoms with van der Waals surface area (Å²) in [5.41, 5.74) is 0.422. The van der Waals surface area contributed by atoms with Crippen LogP contribution in [0.2, 0.25) is 0 Å². The third-order valence-electron chi connectivity index (χ3n) is 5.79. The number of pyridine rings is 1. The second-order valence-electron chi connectivity index (χ2n) is 8.11. The molecule has 178 valence electrons. The van der Waals surface area contributed by atoms with Gasteiger partial charge in [0.05, 0.1) is 30.1 Å². The third kappa shape index (κ3) is 4.80. The first-order valence-electron chi connectivity index (χ1n) is 10.4. The average Bonchev–Trinajstić information content (AvgIpc) is 3.29. The standard InChI is InChI=1S/C24H22F4N4O2/c1-14(23(2)9-8-16(12-31-23)24(26,27)28)34-17-5-6-18(20(10-17)33-3)19-13-30-22(32-19)15-4-7-21(25)29-11-15/h4-8,10-14H,9H2,1-3H3,(H,30,32). The van der Waals surface area contributed by atoms with Gasteiger partial charge in [0.2, 0.25) is 5.95 Å². The van der Waals surface area contributed by atoms with Gasteiger partial charge in [-0.05, 0) is 44.5 Å². The lowest BCUT2D eigenvalue weighted by molar-refractivity contribution is -0.0863. The lowest BCUT2D eigenvalue weighted by atomic mass is 9.89. The number of methoxy groups -OCH3 is 1. The number of dihydropyridines is 1. The first-order valence-corrected chi connectivity index (χ1v) is 10.4. The summed E-state index contributed by atoms with van der Waals surface area (Å²) >= 11 is 0. The SMILES string of the molecule is COc1cc(OC(C)C2(C)CC=C(C(F)(F)F)C=N2)ccc1-c1cnc(-c2ccc(F)nc2)[nH]1. The fourth-order valence-electron chi connectivity index (χ4n) is 3.52. The van der Waals surface area contributed by atoms with Gasteiger partial charge in [0.25, 0.3) is 0 Å². The van der Waals surface area contributed by atoms with Crippen molar-refractivity contribution in [3.63, 3.8) is 0 Å². The van der Waals surface area contributed by atoms with Crippen LogP contribution in [0.25, 0.3) is 22.6 Å². The molecule has 6 nitrogen and oxygen atoms in total. The molecular formula is C24H22F4N4O2. The van der Waals surface area contributed by atoms with E-state index in [-0.39, 0.29) is 6.42 Å². The number of halogens is 4. The van der Waals surface area contributed by atoms with E-state index >= 15 is 0 Å². The number of rotatable bonds is 6. The number of allylic oxidation sites excluding steroid dienone is 1. The molecule has 2 aromatic heterocycles. The Morgan fingerprint density at radius 3 is 2.53 bits per heavy atom. The number of hydrogen-bond acceptors (Lipinski definition) is 5. The Balaban J connectivity index is 1.51. The van der Waals surface area contributed by atoms with Crippen molar-refractivity contribution in [1.29, 1.82) is 0 Å². The van der Waals surface area contributed by atoms with E-state index in [0.717, 1.165) is 17.9 Å². The molecule has 34 heavy (non-hydrogen) atoms. The molecule has 0 spiro atoms. The maximum absolute atomic E-state index is 13.1. The van der Waals surface area contributed by atoms with Gasteiger partial charge in [-0.1, -0.05) is 6.08 Å². The first kappa shape index (κ1) is 23.5. The third-order valence-corrected chi connectivity index (χ3v) is 5.79. The zero-order chi connectivity index (χ0) is 24.5. The van der Waals surface area contributed by atoms with E-state index in [0.29, 0.717) is 28.6 Å². The predicted octanol–water partition coefficient (Wildman–Crippen LogP) is 5.78. The summed E-state index contributed by atoms with van der Waals surface area (Å²) in [4.78, 5) is 15.3. The minimum atomic E-state index is -4.42. The van der Waals surface area contributed by atoms with Crippen LogP contribution in [0.5, 0.6) is 11.5 Å². The molecule has 1 aliphatic heterocycles. The minimum absolute atomic E-state index is 0.101. The quantitative estimate of drug-likeness (QED) is 0.363. The molecule has 0 radical (unpaired) electrons. The van der Waals surface area contributed by atoms with Gasteiger partial charge >= 0.3 is 6.18 Å². The number of imidazole rings is 1. The highest BCUT2D eigenvalue weighted by Gasteiger charge is 2.39. The molecule has 10 heteroatoms. The molecule has 1 N–H and O–H groups in total. The highest BCUT2D eigenvalue weighted by molar-refractivity contribution is 5.81. The highest BCUT2D eigenvalue weighted by atomic mass is 19.4. The lowest BCUT2D eigenvalue weighted by Crippen LogP contribution is -2.41. The molecule has 0 aliphatic carbocycles. The molecule has 0 saturated carbocycles. The normalized spacial score (nSPS) is 19.0. The Morgan fingerprint density at radius 2 is 1.91 bits per heavy atom. The van der Waals surface area contributed by atoms with Gasteiger partial charge in [-0.3, -0.25) is 4.99 Å². The Kier molecular flexibility index (Phi) is 6.16. The molecule has 0 fully saturated rings. The lowest BCUT2D eigenvalue weighted by Gasteiger charge is -2.33. The topological polar surface area (TPSA) is 72.4 Å². The van der Waals surface area contributed by atoms with Crippen LogP contribution in [0.1, 0.15) is 20.3 Å². The van der Waals surface area contributed by atoms with E-state index in [4.69, 9.17) is 9.47 Å². The van der Waals surface area contributed by atoms with E-state index in [2.05, 4.69) is 19.9 Å². The van der Waals surface area contributed by atoms with E-state index in [1.807, 2.05) is 0 Å². The van der Waals surface area contributed by atoms with Gasteiger partial charge in [-0.2, -0.15) is 17.6 Å². The molecule has 0 saturated heterocycles. The van der Waals surface area contributed by atoms with Crippen molar-refractivity contribution in [2.75, 3.05) is 7.11 Å². The van der Waals surface area contributed by atoms with Crippen LogP contribution in [0.3, 0.4) is 0 Å². The minimum Gasteiger partial charge on any atom is -0.496 e. The first-order chi connectivity index (χ1) is 16.1. The summed E-state index contributed by atoms with van der Waals surface area (Å²) in [6.45, 7) is 3.52. The Bertz CT molecular complexity index is 1230. The number of aromatic nitrogens is 3. The van der Waals surface area contributed by atoms with E-state index < -0.39 is 29.3 Å². The second kappa shape index (κ2) is 8.92. The number of nitrogens with zero attached hydrogens (tertiary/aromatic N) is 3. The number of alkyl halides is 3. The van der Waals surface area contributed by atoms with Gasteiger partial charge < -0.3 is 14.5 Å². The van der Waals surface area contributed by atoms with Crippen molar-refractivity contribution in [1.82, 2.24) is 15.0 Å². The Morgan fingerprint density at radius 1 is 1.12 bits per heavy atom. The monoisotopic (exact) mass is 474 g/mol. The summed E-state index contributed by atoms with van der Waals surface area (Å²) in [6.07, 6.45) is 0.191. The molecule has 1 aliphatic rings. The number of hydrogen-bond donors (Lipinski definition) is 1. The number of nitrogens with one attached hydrogen (secondary N) is 1. The van der Waals surface area contributed by atoms with Crippen LogP contribution in [0.15, 0.2) is 59.4 Å². The number of ether oxygens (including phenoxy) is 2. The van der Waals surface area contributed by atoms with Crippen LogP contribution in [0, 0.1) is 5.95 Å². The summed E-state index contributed by atoms with van der Waals surface area (Å²) in [5.74, 6) is 0.936. The van der Waals surface area contributed by atoms with Crippen molar-refractivity contribution in [3.8, 4) is 34.1 Å². The summed E-state index contributed by atoms with van der Waals surface area (Å²) in [7, 11) is 1.52. The van der Waals surface area contributed by atoms with Gasteiger partial charge in [-0.25, -0.2) is 9.97 Å². The van der Waals surface area contributed by atoms with Crippen LogP contribution < -0.4 is 9.47 Å². The van der Waals surface area contributed by atoms with E-state index in [1.165, 1.54) is 19.4 Å². The summed E-state index contributed by atoms with van der Waals surface area (Å²) in [6, 6.07) is 8.04. The van der Waals surface area contributed by atoms with Gasteiger partial charge in [0.15, 0.2) is 0 Å². The maximum atomic E-state index is 13.1. The molecule has 2 unspecified atom stereocenters. The number of aliphatic imine (C=N–C) groups is 1. The van der Waals surface area contributed by atoms with Gasteiger partial charge in [-0.15, -0.1) is 0 Å². The second-order valence-corrected chi connectivity index (χ2v) is 8.11. The predicted molar refractivity (Wildman–Crippen MR) is 120 cm³/mol. The van der Waals surface area contributed by atoms with E-state index in [1.54, 1.807) is 44.3 Å². The Hall–Kier alpha value is -3.69. The number of H-pyrrole nitrogens is 1. The summed E-state index contributed by atoms with van der Waals surface area (Å²) < 4.78 is 63.3. The largest absolute Gasteiger partial charge is 0.496 e. The highest BCUT2D eigenvalue weighted by Crippen LogP contribution is 2.36. The Labute approximate surface area is 193 Å². The summed E-state index contributed by atoms with van der Waals surface area (Å²) in [5, 5.41) is 0. The van der Waals surface area contributed by atoms with Crippen LogP contribution in [0.4, 0.5) is 17.6 Å². The van der Waals surface area contributed by atoms with Crippen LogP contribution in [-0.2, 0) is 0 Å². The van der Waals surface area contributed by atoms with Gasteiger partial charge in [0, 0.05) is 29.6 Å². The van der Waals surface area contributed by atoms with Gasteiger partial charge in [0.1, 0.15) is 23.4 Å². The molecule has 2 atom stereocenters. The molecule has 3 aromatic rings. The molecule has 1 aromatic carbocycles. The fourth-order valence-corrected chi connectivity index (χ4v) is 3.52. The van der Waals surface area contributed by atoms with Crippen LogP contribution in [-0.4, -0.2) is 46.1 Å². The van der Waals surface area contributed by atoms with Crippen molar-refractivity contribution in [2.45, 2.75) is 38.1 Å². The maximum Gasteiger partial charge on any atom is 0.417 e. The molecular weight excluding hydrogens is 452 g/mol. The zero-order valence-electron chi connectivity index (χ0n) is 18.7. The van der Waals surface area contributed by atoms with Crippen molar-refractivity contribution in [2.24, 2.45) is 4.99 Å². The number of benzene rings is 1. The van der Waals surface area contributed by atoms with Crippen molar-refractivity contribution < 1.29 is 27.0 Å². The fraction of sp³-hybridized carbons (Fsp3) is 0.292.